The molecule has 0 saturated heterocycles. The normalized spacial score (nSPS) is 16.5. The summed E-state index contributed by atoms with van der Waals surface area (Å²) in [6, 6.07) is 16.6. The second-order valence-corrected chi connectivity index (χ2v) is 7.11. The van der Waals surface area contributed by atoms with E-state index in [4.69, 9.17) is 0 Å². The minimum Gasteiger partial charge on any atom is -0.0654 e. The van der Waals surface area contributed by atoms with Crippen molar-refractivity contribution in [2.24, 2.45) is 0 Å². The number of aryl methyl sites for hydroxylation is 2. The Labute approximate surface area is 141 Å². The number of unbranched alkanes of at least 4 members (excludes halogenated alkanes) is 3. The van der Waals surface area contributed by atoms with Crippen LogP contribution in [0.4, 0.5) is 0 Å². The third kappa shape index (κ3) is 4.05. The molecule has 0 heterocycles. The predicted molar refractivity (Wildman–Crippen MR) is 100 cm³/mol. The first kappa shape index (κ1) is 16.3. The van der Waals surface area contributed by atoms with Gasteiger partial charge in [0.2, 0.25) is 0 Å². The molecule has 0 aliphatic heterocycles. The van der Waals surface area contributed by atoms with Gasteiger partial charge in [-0.2, -0.15) is 0 Å². The highest BCUT2D eigenvalue weighted by atomic mass is 14.3. The summed E-state index contributed by atoms with van der Waals surface area (Å²) >= 11 is 0. The molecule has 0 amide bonds. The second kappa shape index (κ2) is 7.81. The van der Waals surface area contributed by atoms with Crippen LogP contribution >= 0.6 is 0 Å². The van der Waals surface area contributed by atoms with Gasteiger partial charge in [-0.15, -0.1) is 0 Å². The van der Waals surface area contributed by atoms with E-state index in [-0.39, 0.29) is 0 Å². The molecule has 0 radical (unpaired) electrons. The van der Waals surface area contributed by atoms with Crippen molar-refractivity contribution in [1.82, 2.24) is 0 Å². The molecule has 2 aromatic carbocycles. The van der Waals surface area contributed by atoms with Gasteiger partial charge in [0.05, 0.1) is 0 Å². The van der Waals surface area contributed by atoms with Gasteiger partial charge in [0.25, 0.3) is 0 Å². The Bertz CT molecular complexity index is 621. The van der Waals surface area contributed by atoms with Gasteiger partial charge in [-0.25, -0.2) is 0 Å². The number of hydrogen-bond donors (Lipinski definition) is 0. The van der Waals surface area contributed by atoms with E-state index < -0.39 is 0 Å². The summed E-state index contributed by atoms with van der Waals surface area (Å²) in [6.45, 7) is 4.52. The van der Waals surface area contributed by atoms with E-state index in [2.05, 4.69) is 56.3 Å². The summed E-state index contributed by atoms with van der Waals surface area (Å²) in [5.74, 6) is 0.686. The Kier molecular flexibility index (Phi) is 5.54. The summed E-state index contributed by atoms with van der Waals surface area (Å²) in [7, 11) is 0. The van der Waals surface area contributed by atoms with Crippen molar-refractivity contribution in [2.45, 2.75) is 71.1 Å². The Hall–Kier alpha value is -1.56. The molecule has 2 aromatic rings. The van der Waals surface area contributed by atoms with Gasteiger partial charge in [-0.05, 0) is 65.8 Å². The van der Waals surface area contributed by atoms with Crippen LogP contribution in [0.25, 0.3) is 0 Å². The van der Waals surface area contributed by atoms with Crippen LogP contribution in [0.2, 0.25) is 0 Å². The molecule has 1 aliphatic carbocycles. The van der Waals surface area contributed by atoms with E-state index in [1.54, 1.807) is 11.1 Å². The Balaban J connectivity index is 1.60. The summed E-state index contributed by atoms with van der Waals surface area (Å²) in [4.78, 5) is 0. The van der Waals surface area contributed by atoms with E-state index in [9.17, 15) is 0 Å². The summed E-state index contributed by atoms with van der Waals surface area (Å²) in [6.07, 6.45) is 10.2. The van der Waals surface area contributed by atoms with Gasteiger partial charge in [0.15, 0.2) is 0 Å². The zero-order valence-corrected chi connectivity index (χ0v) is 14.8. The molecule has 0 spiro atoms. The van der Waals surface area contributed by atoms with E-state index in [1.165, 1.54) is 61.6 Å². The lowest BCUT2D eigenvalue weighted by molar-refractivity contribution is 0.666. The predicted octanol–water partition coefficient (Wildman–Crippen LogP) is 6.25. The highest BCUT2D eigenvalue weighted by Crippen LogP contribution is 2.34. The topological polar surface area (TPSA) is 0 Å². The van der Waals surface area contributed by atoms with Crippen molar-refractivity contribution in [3.8, 4) is 0 Å². The third-order valence-electron chi connectivity index (χ3n) is 5.38. The lowest BCUT2D eigenvalue weighted by atomic mass is 9.94. The minimum atomic E-state index is 0.686. The molecule has 122 valence electrons. The van der Waals surface area contributed by atoms with Crippen molar-refractivity contribution in [2.75, 3.05) is 0 Å². The molecule has 0 bridgehead atoms. The average Bonchev–Trinajstić information content (AvgIpc) is 3.02. The van der Waals surface area contributed by atoms with Crippen LogP contribution in [0.15, 0.2) is 42.5 Å². The van der Waals surface area contributed by atoms with Gasteiger partial charge in [0, 0.05) is 0 Å². The standard InChI is InChI=1S/C23H30/c1-3-5-6-7-8-19-10-12-20(13-11-19)23-16-21-14-9-18(4-2)15-22(21)17-23/h9-15,23H,3-8,16-17H2,1-2H3. The smallest absolute Gasteiger partial charge is 0.00808 e. The first-order chi connectivity index (χ1) is 11.3. The molecular formula is C23H30. The van der Waals surface area contributed by atoms with Crippen LogP contribution in [-0.2, 0) is 25.7 Å². The Morgan fingerprint density at radius 3 is 2.26 bits per heavy atom. The molecular weight excluding hydrogens is 276 g/mol. The van der Waals surface area contributed by atoms with E-state index in [0.717, 1.165) is 6.42 Å². The third-order valence-corrected chi connectivity index (χ3v) is 5.38. The van der Waals surface area contributed by atoms with Crippen molar-refractivity contribution in [1.29, 1.82) is 0 Å². The maximum atomic E-state index is 2.43. The second-order valence-electron chi connectivity index (χ2n) is 7.11. The van der Waals surface area contributed by atoms with E-state index in [1.807, 2.05) is 0 Å². The molecule has 3 rings (SSSR count). The van der Waals surface area contributed by atoms with Gasteiger partial charge >= 0.3 is 0 Å². The number of hydrogen-bond acceptors (Lipinski definition) is 0. The van der Waals surface area contributed by atoms with Gasteiger partial charge < -0.3 is 0 Å². The van der Waals surface area contributed by atoms with Gasteiger partial charge in [0.1, 0.15) is 0 Å². The molecule has 0 fully saturated rings. The van der Waals surface area contributed by atoms with Crippen LogP contribution < -0.4 is 0 Å². The number of fused-ring (bicyclic) bond motifs is 1. The first-order valence-electron chi connectivity index (χ1n) is 9.49. The van der Waals surface area contributed by atoms with Crippen molar-refractivity contribution in [3.05, 3.63) is 70.3 Å². The fourth-order valence-electron chi connectivity index (χ4n) is 3.84. The van der Waals surface area contributed by atoms with Crippen molar-refractivity contribution < 1.29 is 0 Å². The molecule has 1 unspecified atom stereocenters. The van der Waals surface area contributed by atoms with Crippen molar-refractivity contribution in [3.63, 3.8) is 0 Å². The molecule has 0 saturated carbocycles. The largest absolute Gasteiger partial charge is 0.0654 e. The monoisotopic (exact) mass is 306 g/mol. The summed E-state index contributed by atoms with van der Waals surface area (Å²) in [5.41, 5.74) is 7.66. The van der Waals surface area contributed by atoms with Crippen LogP contribution in [-0.4, -0.2) is 0 Å². The Morgan fingerprint density at radius 2 is 1.52 bits per heavy atom. The first-order valence-corrected chi connectivity index (χ1v) is 9.49. The average molecular weight is 306 g/mol. The van der Waals surface area contributed by atoms with Crippen LogP contribution in [0.1, 0.15) is 73.3 Å². The molecule has 1 aliphatic rings. The zero-order valence-electron chi connectivity index (χ0n) is 14.8. The number of rotatable bonds is 7. The molecule has 0 N–H and O–H groups in total. The highest BCUT2D eigenvalue weighted by molar-refractivity contribution is 5.40. The highest BCUT2D eigenvalue weighted by Gasteiger charge is 2.22. The summed E-state index contributed by atoms with van der Waals surface area (Å²) < 4.78 is 0. The SMILES string of the molecule is CCCCCCc1ccc(C2Cc3ccc(CC)cc3C2)cc1. The molecule has 0 heteroatoms. The molecule has 0 aromatic heterocycles. The van der Waals surface area contributed by atoms with Crippen LogP contribution in [0, 0.1) is 0 Å². The van der Waals surface area contributed by atoms with E-state index in [0.29, 0.717) is 5.92 Å². The molecule has 0 nitrogen and oxygen atoms in total. The maximum absolute atomic E-state index is 2.43. The lowest BCUT2D eigenvalue weighted by Gasteiger charge is -2.10. The van der Waals surface area contributed by atoms with Gasteiger partial charge in [-0.1, -0.05) is 75.6 Å². The molecule has 23 heavy (non-hydrogen) atoms. The minimum absolute atomic E-state index is 0.686. The Morgan fingerprint density at radius 1 is 0.783 bits per heavy atom. The zero-order chi connectivity index (χ0) is 16.1. The lowest BCUT2D eigenvalue weighted by Crippen LogP contribution is -1.98. The number of benzene rings is 2. The molecule has 1 atom stereocenters. The fraction of sp³-hybridized carbons (Fsp3) is 0.478. The fourth-order valence-corrected chi connectivity index (χ4v) is 3.84. The quantitative estimate of drug-likeness (QED) is 0.530. The van der Waals surface area contributed by atoms with Crippen molar-refractivity contribution >= 4 is 0 Å². The van der Waals surface area contributed by atoms with Crippen LogP contribution in [0.5, 0.6) is 0 Å². The maximum Gasteiger partial charge on any atom is -0.00808 e. The summed E-state index contributed by atoms with van der Waals surface area (Å²) in [5, 5.41) is 0. The van der Waals surface area contributed by atoms with Crippen LogP contribution in [0.3, 0.4) is 0 Å². The van der Waals surface area contributed by atoms with Gasteiger partial charge in [-0.3, -0.25) is 0 Å². The van der Waals surface area contributed by atoms with E-state index >= 15 is 0 Å².